The van der Waals surface area contributed by atoms with E-state index in [9.17, 15) is 4.79 Å². The lowest BCUT2D eigenvalue weighted by atomic mass is 9.86. The molecule has 0 aromatic heterocycles. The Bertz CT molecular complexity index is 646. The number of methoxy groups -OCH3 is 1. The number of likely N-dealkylation sites (N-methyl/N-ethyl adjacent to an activating group) is 1. The molecule has 5 heteroatoms. The molecule has 144 valence electrons. The number of hydrogen-bond donors (Lipinski definition) is 1. The Labute approximate surface area is 157 Å². The molecule has 2 heterocycles. The standard InChI is InChI=1S/C21H33N3O2/c1-16(2)17-5-6-19(26-4)18(13-17)14-24-12-11-23(3)21(15-24)8-7-20(25)22-10-9-21/h5-6,13,16H,7-12,14-15H2,1-4H3,(H,22,25)/t21-/m0/s1. The summed E-state index contributed by atoms with van der Waals surface area (Å²) in [6, 6.07) is 6.57. The second-order valence-electron chi connectivity index (χ2n) is 8.18. The van der Waals surface area contributed by atoms with E-state index in [-0.39, 0.29) is 11.4 Å². The van der Waals surface area contributed by atoms with Crippen molar-refractivity contribution in [3.05, 3.63) is 29.3 Å². The molecule has 1 aromatic carbocycles. The van der Waals surface area contributed by atoms with Gasteiger partial charge in [-0.3, -0.25) is 14.6 Å². The van der Waals surface area contributed by atoms with Gasteiger partial charge in [0.05, 0.1) is 7.11 Å². The van der Waals surface area contributed by atoms with Crippen LogP contribution in [-0.2, 0) is 11.3 Å². The Morgan fingerprint density at radius 2 is 2.08 bits per heavy atom. The number of nitrogens with one attached hydrogen (secondary N) is 1. The van der Waals surface area contributed by atoms with E-state index in [2.05, 4.69) is 54.2 Å². The first-order chi connectivity index (χ1) is 12.4. The van der Waals surface area contributed by atoms with Crippen LogP contribution in [0.2, 0.25) is 0 Å². The fraction of sp³-hybridized carbons (Fsp3) is 0.667. The molecule has 3 rings (SSSR count). The average molecular weight is 360 g/mol. The normalized spacial score (nSPS) is 25.3. The number of carbonyl (C=O) groups is 1. The first-order valence-electron chi connectivity index (χ1n) is 9.80. The third kappa shape index (κ3) is 4.04. The molecule has 2 fully saturated rings. The molecule has 1 atom stereocenters. The van der Waals surface area contributed by atoms with Crippen molar-refractivity contribution in [1.29, 1.82) is 0 Å². The van der Waals surface area contributed by atoms with Gasteiger partial charge in [-0.15, -0.1) is 0 Å². The van der Waals surface area contributed by atoms with Crippen molar-refractivity contribution in [2.45, 2.75) is 51.1 Å². The number of nitrogens with zero attached hydrogens (tertiary/aromatic N) is 2. The molecular weight excluding hydrogens is 326 g/mol. The Balaban J connectivity index is 1.78. The second-order valence-corrected chi connectivity index (χ2v) is 8.18. The van der Waals surface area contributed by atoms with Gasteiger partial charge in [0.15, 0.2) is 0 Å². The fourth-order valence-corrected chi connectivity index (χ4v) is 4.34. The van der Waals surface area contributed by atoms with Crippen LogP contribution < -0.4 is 10.1 Å². The van der Waals surface area contributed by atoms with Gasteiger partial charge in [0, 0.05) is 50.2 Å². The zero-order chi connectivity index (χ0) is 18.7. The van der Waals surface area contributed by atoms with E-state index in [0.29, 0.717) is 12.3 Å². The molecule has 0 bridgehead atoms. The summed E-state index contributed by atoms with van der Waals surface area (Å²) >= 11 is 0. The maximum absolute atomic E-state index is 11.8. The van der Waals surface area contributed by atoms with Crippen molar-refractivity contribution in [2.75, 3.05) is 40.3 Å². The summed E-state index contributed by atoms with van der Waals surface area (Å²) in [6.45, 7) is 9.24. The molecule has 0 unspecified atom stereocenters. The van der Waals surface area contributed by atoms with Crippen molar-refractivity contribution >= 4 is 5.91 Å². The minimum atomic E-state index is 0.0975. The van der Waals surface area contributed by atoms with Crippen LogP contribution in [0.15, 0.2) is 18.2 Å². The van der Waals surface area contributed by atoms with Crippen LogP contribution in [0.25, 0.3) is 0 Å². The molecular formula is C21H33N3O2. The predicted octanol–water partition coefficient (Wildman–Crippen LogP) is 2.60. The maximum Gasteiger partial charge on any atom is 0.220 e. The Hall–Kier alpha value is -1.59. The van der Waals surface area contributed by atoms with Gasteiger partial charge in [-0.25, -0.2) is 0 Å². The molecule has 5 nitrogen and oxygen atoms in total. The number of ether oxygens (including phenoxy) is 1. The lowest BCUT2D eigenvalue weighted by Gasteiger charge is -2.49. The molecule has 0 radical (unpaired) electrons. The molecule has 0 saturated carbocycles. The van der Waals surface area contributed by atoms with E-state index >= 15 is 0 Å². The molecule has 1 N–H and O–H groups in total. The number of benzene rings is 1. The van der Waals surface area contributed by atoms with Crippen molar-refractivity contribution in [1.82, 2.24) is 15.1 Å². The van der Waals surface area contributed by atoms with Gasteiger partial charge in [0.25, 0.3) is 0 Å². The summed E-state index contributed by atoms with van der Waals surface area (Å²) in [6.07, 6.45) is 2.59. The fourth-order valence-electron chi connectivity index (χ4n) is 4.34. The van der Waals surface area contributed by atoms with E-state index in [1.165, 1.54) is 11.1 Å². The van der Waals surface area contributed by atoms with E-state index < -0.39 is 0 Å². The molecule has 2 saturated heterocycles. The molecule has 26 heavy (non-hydrogen) atoms. The van der Waals surface area contributed by atoms with Gasteiger partial charge in [-0.1, -0.05) is 26.0 Å². The molecule has 1 amide bonds. The minimum Gasteiger partial charge on any atom is -0.496 e. The average Bonchev–Trinajstić information content (AvgIpc) is 2.80. The first kappa shape index (κ1) is 19.2. The molecule has 1 spiro atoms. The van der Waals surface area contributed by atoms with Gasteiger partial charge >= 0.3 is 0 Å². The first-order valence-corrected chi connectivity index (χ1v) is 9.80. The monoisotopic (exact) mass is 359 g/mol. The summed E-state index contributed by atoms with van der Waals surface area (Å²) in [5.74, 6) is 1.68. The third-order valence-corrected chi connectivity index (χ3v) is 6.17. The predicted molar refractivity (Wildman–Crippen MR) is 105 cm³/mol. The van der Waals surface area contributed by atoms with Crippen LogP contribution in [0.4, 0.5) is 0 Å². The smallest absolute Gasteiger partial charge is 0.220 e. The zero-order valence-corrected chi connectivity index (χ0v) is 16.7. The Kier molecular flexibility index (Phi) is 5.88. The summed E-state index contributed by atoms with van der Waals surface area (Å²) in [5.41, 5.74) is 2.72. The van der Waals surface area contributed by atoms with Crippen LogP contribution in [-0.4, -0.2) is 61.6 Å². The Morgan fingerprint density at radius 1 is 1.27 bits per heavy atom. The number of piperazine rings is 1. The summed E-state index contributed by atoms with van der Waals surface area (Å²) < 4.78 is 5.62. The summed E-state index contributed by atoms with van der Waals surface area (Å²) in [5, 5.41) is 3.04. The summed E-state index contributed by atoms with van der Waals surface area (Å²) in [7, 11) is 3.97. The zero-order valence-electron chi connectivity index (χ0n) is 16.7. The van der Waals surface area contributed by atoms with Crippen LogP contribution >= 0.6 is 0 Å². The van der Waals surface area contributed by atoms with Gasteiger partial charge < -0.3 is 10.1 Å². The highest BCUT2D eigenvalue weighted by atomic mass is 16.5. The number of hydrogen-bond acceptors (Lipinski definition) is 4. The van der Waals surface area contributed by atoms with E-state index in [0.717, 1.165) is 51.3 Å². The van der Waals surface area contributed by atoms with Crippen LogP contribution in [0.5, 0.6) is 5.75 Å². The van der Waals surface area contributed by atoms with E-state index in [1.807, 2.05) is 0 Å². The highest BCUT2D eigenvalue weighted by Crippen LogP contribution is 2.32. The highest BCUT2D eigenvalue weighted by molar-refractivity contribution is 5.76. The Morgan fingerprint density at radius 3 is 2.81 bits per heavy atom. The van der Waals surface area contributed by atoms with E-state index in [4.69, 9.17) is 4.74 Å². The van der Waals surface area contributed by atoms with Crippen molar-refractivity contribution in [2.24, 2.45) is 0 Å². The molecule has 0 aliphatic carbocycles. The second kappa shape index (κ2) is 7.97. The van der Waals surface area contributed by atoms with Crippen molar-refractivity contribution in [3.8, 4) is 5.75 Å². The number of amides is 1. The molecule has 2 aliphatic rings. The van der Waals surface area contributed by atoms with Gasteiger partial charge in [-0.2, -0.15) is 0 Å². The lowest BCUT2D eigenvalue weighted by molar-refractivity contribution is -0.121. The lowest BCUT2D eigenvalue weighted by Crippen LogP contribution is -2.60. The van der Waals surface area contributed by atoms with Crippen molar-refractivity contribution < 1.29 is 9.53 Å². The largest absolute Gasteiger partial charge is 0.496 e. The van der Waals surface area contributed by atoms with Crippen molar-refractivity contribution in [3.63, 3.8) is 0 Å². The number of carbonyl (C=O) groups excluding carboxylic acids is 1. The minimum absolute atomic E-state index is 0.0975. The maximum atomic E-state index is 11.8. The summed E-state index contributed by atoms with van der Waals surface area (Å²) in [4.78, 5) is 16.8. The quantitative estimate of drug-likeness (QED) is 0.898. The van der Waals surface area contributed by atoms with Crippen LogP contribution in [0.1, 0.15) is 50.2 Å². The number of rotatable bonds is 4. The van der Waals surface area contributed by atoms with Crippen LogP contribution in [0.3, 0.4) is 0 Å². The topological polar surface area (TPSA) is 44.8 Å². The highest BCUT2D eigenvalue weighted by Gasteiger charge is 2.40. The molecule has 2 aliphatic heterocycles. The SMILES string of the molecule is COc1ccc(C(C)C)cc1CN1CCN(C)[C@@]2(CCNC(=O)CC2)C1. The van der Waals surface area contributed by atoms with E-state index in [1.54, 1.807) is 7.11 Å². The van der Waals surface area contributed by atoms with Gasteiger partial charge in [0.1, 0.15) is 5.75 Å². The van der Waals surface area contributed by atoms with Gasteiger partial charge in [-0.05, 0) is 37.4 Å². The van der Waals surface area contributed by atoms with Gasteiger partial charge in [0.2, 0.25) is 5.91 Å². The third-order valence-electron chi connectivity index (χ3n) is 6.17. The molecule has 1 aromatic rings. The van der Waals surface area contributed by atoms with Crippen LogP contribution in [0, 0.1) is 0 Å².